The van der Waals surface area contributed by atoms with Gasteiger partial charge in [0.2, 0.25) is 0 Å². The molecule has 0 amide bonds. The zero-order valence-corrected chi connectivity index (χ0v) is 10.1. The molecule has 1 unspecified atom stereocenters. The molecule has 0 saturated carbocycles. The van der Waals surface area contributed by atoms with E-state index in [-0.39, 0.29) is 12.4 Å². The van der Waals surface area contributed by atoms with Crippen LogP contribution < -0.4 is 10.5 Å². The summed E-state index contributed by atoms with van der Waals surface area (Å²) in [7, 11) is 1.45. The number of aromatic hydroxyl groups is 1. The molecular weight excluding hydrogens is 230 g/mol. The zero-order valence-electron chi connectivity index (χ0n) is 9.33. The molecule has 0 saturated heterocycles. The summed E-state index contributed by atoms with van der Waals surface area (Å²) in [5, 5.41) is 19.3. The van der Waals surface area contributed by atoms with Crippen molar-refractivity contribution in [3.8, 4) is 11.5 Å². The van der Waals surface area contributed by atoms with Crippen molar-refractivity contribution < 1.29 is 14.9 Å². The van der Waals surface area contributed by atoms with Gasteiger partial charge in [-0.05, 0) is 18.9 Å². The van der Waals surface area contributed by atoms with E-state index >= 15 is 0 Å². The molecule has 0 spiro atoms. The van der Waals surface area contributed by atoms with E-state index in [1.54, 1.807) is 13.0 Å². The average Bonchev–Trinajstić information content (AvgIpc) is 2.24. The lowest BCUT2D eigenvalue weighted by Gasteiger charge is -2.18. The third kappa shape index (κ3) is 2.40. The second kappa shape index (κ2) is 5.39. The molecule has 0 aliphatic heterocycles. The van der Waals surface area contributed by atoms with Crippen molar-refractivity contribution in [2.24, 2.45) is 5.73 Å². The number of hydrogen-bond donors (Lipinski definition) is 3. The third-order valence-corrected chi connectivity index (χ3v) is 2.93. The molecule has 0 aromatic heterocycles. The topological polar surface area (TPSA) is 75.7 Å². The lowest BCUT2D eigenvalue weighted by Crippen LogP contribution is -2.14. The van der Waals surface area contributed by atoms with Crippen LogP contribution in [0.4, 0.5) is 0 Å². The molecule has 4 nitrogen and oxygen atoms in total. The van der Waals surface area contributed by atoms with Crippen LogP contribution in [0.5, 0.6) is 11.5 Å². The van der Waals surface area contributed by atoms with E-state index in [4.69, 9.17) is 27.2 Å². The normalized spacial score (nSPS) is 12.6. The lowest BCUT2D eigenvalue weighted by atomic mass is 9.98. The number of aliphatic hydroxyl groups excluding tert-OH is 1. The first-order valence-electron chi connectivity index (χ1n) is 4.95. The Morgan fingerprint density at radius 1 is 1.56 bits per heavy atom. The minimum atomic E-state index is -0.461. The first-order valence-corrected chi connectivity index (χ1v) is 5.33. The summed E-state index contributed by atoms with van der Waals surface area (Å²) >= 11 is 6.00. The molecule has 1 aromatic carbocycles. The van der Waals surface area contributed by atoms with Crippen LogP contribution in [-0.2, 0) is 0 Å². The number of halogens is 1. The molecule has 0 radical (unpaired) electrons. The molecule has 1 rings (SSSR count). The molecule has 0 aliphatic rings. The van der Waals surface area contributed by atoms with E-state index < -0.39 is 6.04 Å². The number of phenolic OH excluding ortho intramolecular Hbond substituents is 1. The quantitative estimate of drug-likeness (QED) is 0.755. The predicted octanol–water partition coefficient (Wildman–Crippen LogP) is 1.74. The predicted molar refractivity (Wildman–Crippen MR) is 63.0 cm³/mol. The monoisotopic (exact) mass is 245 g/mol. The summed E-state index contributed by atoms with van der Waals surface area (Å²) in [5.74, 6) is 0.282. The summed E-state index contributed by atoms with van der Waals surface area (Å²) in [6.45, 7) is 1.73. The van der Waals surface area contributed by atoms with Gasteiger partial charge in [0.15, 0.2) is 11.5 Å². The van der Waals surface area contributed by atoms with Crippen molar-refractivity contribution >= 4 is 11.6 Å². The molecule has 1 aromatic rings. The zero-order chi connectivity index (χ0) is 12.3. The Balaban J connectivity index is 3.29. The largest absolute Gasteiger partial charge is 0.504 e. The van der Waals surface area contributed by atoms with Gasteiger partial charge in [-0.15, -0.1) is 0 Å². The molecule has 0 heterocycles. The highest BCUT2D eigenvalue weighted by molar-refractivity contribution is 6.31. The molecule has 16 heavy (non-hydrogen) atoms. The Kier molecular flexibility index (Phi) is 4.41. The minimum Gasteiger partial charge on any atom is -0.504 e. The lowest BCUT2D eigenvalue weighted by molar-refractivity contribution is 0.274. The number of nitrogens with two attached hydrogens (primary N) is 1. The van der Waals surface area contributed by atoms with Crippen LogP contribution in [0.25, 0.3) is 0 Å². The fourth-order valence-corrected chi connectivity index (χ4v) is 1.82. The average molecular weight is 246 g/mol. The molecule has 5 heteroatoms. The Hall–Kier alpha value is -0.970. The van der Waals surface area contributed by atoms with Gasteiger partial charge >= 0.3 is 0 Å². The molecular formula is C11H16ClNO3. The van der Waals surface area contributed by atoms with Crippen LogP contribution in [0.2, 0.25) is 5.02 Å². The van der Waals surface area contributed by atoms with Gasteiger partial charge < -0.3 is 20.7 Å². The van der Waals surface area contributed by atoms with Crippen LogP contribution in [0.3, 0.4) is 0 Å². The number of methoxy groups -OCH3 is 1. The van der Waals surface area contributed by atoms with Crippen molar-refractivity contribution in [3.05, 3.63) is 22.2 Å². The number of benzene rings is 1. The van der Waals surface area contributed by atoms with Crippen molar-refractivity contribution in [2.45, 2.75) is 19.4 Å². The highest BCUT2D eigenvalue weighted by Crippen LogP contribution is 2.40. The van der Waals surface area contributed by atoms with Crippen molar-refractivity contribution in [1.29, 1.82) is 0 Å². The fraction of sp³-hybridized carbons (Fsp3) is 0.455. The summed E-state index contributed by atoms with van der Waals surface area (Å²) in [6, 6.07) is 1.08. The van der Waals surface area contributed by atoms with Crippen LogP contribution in [0, 0.1) is 6.92 Å². The van der Waals surface area contributed by atoms with Gasteiger partial charge in [0.25, 0.3) is 0 Å². The van der Waals surface area contributed by atoms with Gasteiger partial charge in [0.1, 0.15) is 0 Å². The smallest absolute Gasteiger partial charge is 0.162 e. The van der Waals surface area contributed by atoms with Crippen LogP contribution in [0.1, 0.15) is 23.6 Å². The summed E-state index contributed by atoms with van der Waals surface area (Å²) < 4.78 is 5.00. The number of ether oxygens (including phenoxy) is 1. The Labute approximate surface area is 99.6 Å². The summed E-state index contributed by atoms with van der Waals surface area (Å²) in [4.78, 5) is 0. The molecule has 4 N–H and O–H groups in total. The van der Waals surface area contributed by atoms with E-state index in [1.165, 1.54) is 7.11 Å². The maximum Gasteiger partial charge on any atom is 0.162 e. The second-order valence-electron chi connectivity index (χ2n) is 3.57. The van der Waals surface area contributed by atoms with E-state index in [0.717, 1.165) is 0 Å². The molecule has 0 bridgehead atoms. The van der Waals surface area contributed by atoms with Gasteiger partial charge in [-0.25, -0.2) is 0 Å². The van der Waals surface area contributed by atoms with E-state index in [0.29, 0.717) is 28.3 Å². The highest BCUT2D eigenvalue weighted by Gasteiger charge is 2.19. The number of hydrogen-bond acceptors (Lipinski definition) is 4. The molecule has 90 valence electrons. The third-order valence-electron chi connectivity index (χ3n) is 2.54. The first-order chi connectivity index (χ1) is 7.52. The maximum atomic E-state index is 9.95. The van der Waals surface area contributed by atoms with Gasteiger partial charge in [0.05, 0.1) is 7.11 Å². The van der Waals surface area contributed by atoms with Crippen molar-refractivity contribution in [3.63, 3.8) is 0 Å². The van der Waals surface area contributed by atoms with Crippen molar-refractivity contribution in [2.75, 3.05) is 13.7 Å². The van der Waals surface area contributed by atoms with Crippen LogP contribution >= 0.6 is 11.6 Å². The fourth-order valence-electron chi connectivity index (χ4n) is 1.62. The Morgan fingerprint density at radius 2 is 2.19 bits per heavy atom. The maximum absolute atomic E-state index is 9.95. The summed E-state index contributed by atoms with van der Waals surface area (Å²) in [6.07, 6.45) is 0.359. The van der Waals surface area contributed by atoms with Crippen LogP contribution in [0.15, 0.2) is 6.07 Å². The second-order valence-corrected chi connectivity index (χ2v) is 3.97. The number of rotatable bonds is 4. The number of aliphatic hydroxyl groups is 1. The van der Waals surface area contributed by atoms with Crippen molar-refractivity contribution in [1.82, 2.24) is 0 Å². The first kappa shape index (κ1) is 13.1. The molecule has 1 atom stereocenters. The van der Waals surface area contributed by atoms with Gasteiger partial charge in [-0.3, -0.25) is 0 Å². The molecule has 0 aliphatic carbocycles. The Bertz CT molecular complexity index is 382. The SMILES string of the molecule is COc1cc(Cl)c(C)c(C(N)CCO)c1O. The highest BCUT2D eigenvalue weighted by atomic mass is 35.5. The number of phenols is 1. The van der Waals surface area contributed by atoms with Crippen LogP contribution in [-0.4, -0.2) is 23.9 Å². The van der Waals surface area contributed by atoms with Gasteiger partial charge in [0, 0.05) is 29.3 Å². The minimum absolute atomic E-state index is 0.00894. The van der Waals surface area contributed by atoms with Gasteiger partial charge in [-0.1, -0.05) is 11.6 Å². The molecule has 0 fully saturated rings. The van der Waals surface area contributed by atoms with E-state index in [2.05, 4.69) is 0 Å². The van der Waals surface area contributed by atoms with E-state index in [9.17, 15) is 5.11 Å². The van der Waals surface area contributed by atoms with E-state index in [1.807, 2.05) is 0 Å². The standard InChI is InChI=1S/C11H16ClNO3/c1-6-7(12)5-9(16-2)11(15)10(6)8(13)3-4-14/h5,8,14-15H,3-4,13H2,1-2H3. The summed E-state index contributed by atoms with van der Waals surface area (Å²) in [5.41, 5.74) is 7.10. The Morgan fingerprint density at radius 3 is 2.69 bits per heavy atom. The van der Waals surface area contributed by atoms with Gasteiger partial charge in [-0.2, -0.15) is 0 Å².